The number of thiazole rings is 1. The summed E-state index contributed by atoms with van der Waals surface area (Å²) in [5.41, 5.74) is 7.10. The van der Waals surface area contributed by atoms with Gasteiger partial charge in [0.05, 0.1) is 5.69 Å². The summed E-state index contributed by atoms with van der Waals surface area (Å²) in [6.07, 6.45) is 0. The van der Waals surface area contributed by atoms with Crippen LogP contribution in [0, 0.1) is 6.92 Å². The first-order chi connectivity index (χ1) is 14.6. The van der Waals surface area contributed by atoms with Gasteiger partial charge in [-0.2, -0.15) is 4.98 Å². The molecule has 2 aromatic heterocycles. The number of nitrogens with one attached hydrogen (secondary N) is 1. The van der Waals surface area contributed by atoms with Gasteiger partial charge in [-0.3, -0.25) is 0 Å². The summed E-state index contributed by atoms with van der Waals surface area (Å²) in [7, 11) is 0. The second-order valence-corrected chi connectivity index (χ2v) is 8.38. The van der Waals surface area contributed by atoms with Gasteiger partial charge in [-0.05, 0) is 30.7 Å². The number of halogens is 1. The predicted molar refractivity (Wildman–Crippen MR) is 124 cm³/mol. The lowest BCUT2D eigenvalue weighted by atomic mass is 10.1. The number of fused-ring (bicyclic) bond motifs is 1. The third kappa shape index (κ3) is 3.95. The Hall–Kier alpha value is -3.15. The van der Waals surface area contributed by atoms with E-state index in [1.807, 2.05) is 6.07 Å². The Morgan fingerprint density at radius 1 is 0.933 bits per heavy atom. The van der Waals surface area contributed by atoms with Gasteiger partial charge in [-0.15, -0.1) is 11.3 Å². The molecule has 0 saturated heterocycles. The Bertz CT molecular complexity index is 1310. The van der Waals surface area contributed by atoms with Crippen molar-refractivity contribution in [3.63, 3.8) is 0 Å². The van der Waals surface area contributed by atoms with E-state index in [0.29, 0.717) is 23.2 Å². The van der Waals surface area contributed by atoms with Crippen molar-refractivity contribution in [2.24, 2.45) is 0 Å². The van der Waals surface area contributed by atoms with Crippen molar-refractivity contribution >= 4 is 40.1 Å². The van der Waals surface area contributed by atoms with E-state index in [2.05, 4.69) is 71.1 Å². The molecule has 0 aliphatic rings. The fourth-order valence-corrected chi connectivity index (χ4v) is 4.18. The van der Waals surface area contributed by atoms with Gasteiger partial charge in [-0.1, -0.05) is 65.7 Å². The second-order valence-electron chi connectivity index (χ2n) is 7.09. The number of aryl methyl sites for hydroxylation is 1. The predicted octanol–water partition coefficient (Wildman–Crippen LogP) is 7.19. The van der Waals surface area contributed by atoms with E-state index >= 15 is 0 Å². The third-order valence-electron chi connectivity index (χ3n) is 4.85. The number of hydrogen-bond donors (Lipinski definition) is 1. The maximum atomic E-state index is 6.00. The zero-order valence-corrected chi connectivity index (χ0v) is 17.8. The zero-order chi connectivity index (χ0) is 20.5. The van der Waals surface area contributed by atoms with Crippen LogP contribution in [-0.4, -0.2) is 9.97 Å². The van der Waals surface area contributed by atoms with Crippen LogP contribution in [0.4, 0.5) is 6.01 Å². The van der Waals surface area contributed by atoms with Crippen molar-refractivity contribution in [1.29, 1.82) is 0 Å². The van der Waals surface area contributed by atoms with Crippen LogP contribution in [0.15, 0.2) is 76.5 Å². The normalized spacial score (nSPS) is 11.1. The van der Waals surface area contributed by atoms with Gasteiger partial charge in [0.2, 0.25) is 0 Å². The smallest absolute Gasteiger partial charge is 0.295 e. The molecule has 5 aromatic rings. The van der Waals surface area contributed by atoms with Gasteiger partial charge in [0, 0.05) is 28.1 Å². The van der Waals surface area contributed by atoms with Gasteiger partial charge in [0.15, 0.2) is 5.58 Å². The average molecular weight is 432 g/mol. The van der Waals surface area contributed by atoms with Gasteiger partial charge in [0.25, 0.3) is 6.01 Å². The van der Waals surface area contributed by atoms with Crippen LogP contribution in [0.5, 0.6) is 0 Å². The topological polar surface area (TPSA) is 51.0 Å². The Morgan fingerprint density at radius 2 is 1.70 bits per heavy atom. The number of aromatic nitrogens is 2. The van der Waals surface area contributed by atoms with Crippen LogP contribution >= 0.6 is 22.9 Å². The first kappa shape index (κ1) is 18.9. The molecule has 148 valence electrons. The minimum atomic E-state index is 0.485. The molecule has 1 N–H and O–H groups in total. The van der Waals surface area contributed by atoms with Crippen LogP contribution in [0.2, 0.25) is 5.02 Å². The quantitative estimate of drug-likeness (QED) is 0.320. The summed E-state index contributed by atoms with van der Waals surface area (Å²) < 4.78 is 5.70. The standard InChI is InChI=1S/C24H18ClN3OS/c1-15-2-6-17(7-3-15)21-14-30-23(27-21)18-8-4-16(5-9-18)13-26-24-28-20-12-19(25)10-11-22(20)29-24/h2-12,14H,13H2,1H3,(H,26,28). The molecule has 0 fully saturated rings. The molecule has 5 rings (SSSR count). The molecule has 30 heavy (non-hydrogen) atoms. The maximum Gasteiger partial charge on any atom is 0.295 e. The Kier molecular flexibility index (Phi) is 4.99. The molecule has 0 aliphatic carbocycles. The number of nitrogens with zero attached hydrogens (tertiary/aromatic N) is 2. The lowest BCUT2D eigenvalue weighted by Crippen LogP contribution is -1.99. The number of rotatable bonds is 5. The number of anilines is 1. The molecule has 0 unspecified atom stereocenters. The molecule has 3 aromatic carbocycles. The molecule has 0 atom stereocenters. The van der Waals surface area contributed by atoms with E-state index in [1.54, 1.807) is 23.5 Å². The molecule has 6 heteroatoms. The summed E-state index contributed by atoms with van der Waals surface area (Å²) in [6, 6.07) is 22.7. The molecule has 0 radical (unpaired) electrons. The maximum absolute atomic E-state index is 6.00. The Morgan fingerprint density at radius 3 is 2.50 bits per heavy atom. The summed E-state index contributed by atoms with van der Waals surface area (Å²) in [6.45, 7) is 2.71. The molecule has 0 saturated carbocycles. The van der Waals surface area contributed by atoms with E-state index in [9.17, 15) is 0 Å². The molecule has 0 aliphatic heterocycles. The van der Waals surface area contributed by atoms with E-state index < -0.39 is 0 Å². The van der Waals surface area contributed by atoms with Crippen molar-refractivity contribution in [2.45, 2.75) is 13.5 Å². The van der Waals surface area contributed by atoms with E-state index in [4.69, 9.17) is 21.0 Å². The highest BCUT2D eigenvalue weighted by atomic mass is 35.5. The van der Waals surface area contributed by atoms with Gasteiger partial charge < -0.3 is 9.73 Å². The van der Waals surface area contributed by atoms with Crippen molar-refractivity contribution in [3.05, 3.63) is 88.3 Å². The first-order valence-electron chi connectivity index (χ1n) is 9.56. The second kappa shape index (κ2) is 7.94. The molecule has 0 amide bonds. The largest absolute Gasteiger partial charge is 0.424 e. The molecule has 0 bridgehead atoms. The van der Waals surface area contributed by atoms with Crippen LogP contribution in [0.1, 0.15) is 11.1 Å². The zero-order valence-electron chi connectivity index (χ0n) is 16.2. The minimum Gasteiger partial charge on any atom is -0.424 e. The van der Waals surface area contributed by atoms with Crippen molar-refractivity contribution in [2.75, 3.05) is 5.32 Å². The van der Waals surface area contributed by atoms with Crippen molar-refractivity contribution in [3.8, 4) is 21.8 Å². The summed E-state index contributed by atoms with van der Waals surface area (Å²) in [4.78, 5) is 9.22. The van der Waals surface area contributed by atoms with Crippen LogP contribution < -0.4 is 5.32 Å². The monoisotopic (exact) mass is 431 g/mol. The Labute approximate surface area is 183 Å². The van der Waals surface area contributed by atoms with Crippen molar-refractivity contribution < 1.29 is 4.42 Å². The van der Waals surface area contributed by atoms with Crippen LogP contribution in [0.3, 0.4) is 0 Å². The highest BCUT2D eigenvalue weighted by molar-refractivity contribution is 7.13. The number of hydrogen-bond acceptors (Lipinski definition) is 5. The number of benzene rings is 3. The summed E-state index contributed by atoms with van der Waals surface area (Å²) in [5.74, 6) is 0. The molecular formula is C24H18ClN3OS. The van der Waals surface area contributed by atoms with Crippen LogP contribution in [0.25, 0.3) is 32.9 Å². The van der Waals surface area contributed by atoms with Crippen LogP contribution in [-0.2, 0) is 6.54 Å². The minimum absolute atomic E-state index is 0.485. The SMILES string of the molecule is Cc1ccc(-c2csc(-c3ccc(CNc4nc5cc(Cl)ccc5o4)cc3)n2)cc1. The fraction of sp³-hybridized carbons (Fsp3) is 0.0833. The molecule has 4 nitrogen and oxygen atoms in total. The van der Waals surface area contributed by atoms with E-state index in [1.165, 1.54) is 5.56 Å². The fourth-order valence-electron chi connectivity index (χ4n) is 3.18. The van der Waals surface area contributed by atoms with Crippen molar-refractivity contribution in [1.82, 2.24) is 9.97 Å². The average Bonchev–Trinajstić information content (AvgIpc) is 3.40. The molecular weight excluding hydrogens is 414 g/mol. The van der Waals surface area contributed by atoms with Gasteiger partial charge in [0.1, 0.15) is 10.5 Å². The summed E-state index contributed by atoms with van der Waals surface area (Å²) in [5, 5.41) is 6.99. The summed E-state index contributed by atoms with van der Waals surface area (Å²) >= 11 is 7.66. The molecule has 0 spiro atoms. The highest BCUT2D eigenvalue weighted by Gasteiger charge is 2.08. The number of oxazole rings is 1. The van der Waals surface area contributed by atoms with Gasteiger partial charge in [-0.25, -0.2) is 4.98 Å². The van der Waals surface area contributed by atoms with E-state index in [-0.39, 0.29) is 0 Å². The third-order valence-corrected chi connectivity index (χ3v) is 5.97. The molecule has 2 heterocycles. The van der Waals surface area contributed by atoms with E-state index in [0.717, 1.165) is 32.9 Å². The lowest BCUT2D eigenvalue weighted by molar-refractivity contribution is 0.614. The lowest BCUT2D eigenvalue weighted by Gasteiger charge is -2.03. The highest BCUT2D eigenvalue weighted by Crippen LogP contribution is 2.29. The Balaban J connectivity index is 1.27. The first-order valence-corrected chi connectivity index (χ1v) is 10.8. The van der Waals surface area contributed by atoms with Gasteiger partial charge >= 0.3 is 0 Å².